The Morgan fingerprint density at radius 2 is 2.17 bits per heavy atom. The number of aryl methyl sites for hydroxylation is 1. The van der Waals surface area contributed by atoms with Crippen LogP contribution in [0, 0.1) is 6.92 Å². The second-order valence-electron chi connectivity index (χ2n) is 7.14. The third kappa shape index (κ3) is 5.00. The zero-order chi connectivity index (χ0) is 20.9. The van der Waals surface area contributed by atoms with E-state index in [4.69, 9.17) is 16.3 Å². The Labute approximate surface area is 184 Å². The van der Waals surface area contributed by atoms with Crippen molar-refractivity contribution in [1.29, 1.82) is 0 Å². The molecule has 1 aliphatic rings. The zero-order valence-corrected chi connectivity index (χ0v) is 18.1. The summed E-state index contributed by atoms with van der Waals surface area (Å²) in [5.41, 5.74) is 2.47. The summed E-state index contributed by atoms with van der Waals surface area (Å²) in [6.07, 6.45) is 2.14. The molecular formula is C21H22ClN5O2S. The molecule has 1 aromatic heterocycles. The van der Waals surface area contributed by atoms with Gasteiger partial charge in [-0.2, -0.15) is 0 Å². The number of thioether (sulfide) groups is 1. The molecule has 1 fully saturated rings. The highest BCUT2D eigenvalue weighted by Gasteiger charge is 2.26. The van der Waals surface area contributed by atoms with Crippen LogP contribution in [0.2, 0.25) is 5.02 Å². The summed E-state index contributed by atoms with van der Waals surface area (Å²) in [4.78, 5) is 13.2. The molecule has 0 bridgehead atoms. The van der Waals surface area contributed by atoms with E-state index >= 15 is 0 Å². The van der Waals surface area contributed by atoms with E-state index in [-0.39, 0.29) is 12.0 Å². The number of carbonyl (C=O) groups is 1. The number of aromatic nitrogens is 4. The minimum absolute atomic E-state index is 0.103. The highest BCUT2D eigenvalue weighted by molar-refractivity contribution is 8.00. The van der Waals surface area contributed by atoms with Crippen LogP contribution >= 0.6 is 23.4 Å². The van der Waals surface area contributed by atoms with Gasteiger partial charge in [-0.3, -0.25) is 4.79 Å². The van der Waals surface area contributed by atoms with Gasteiger partial charge >= 0.3 is 0 Å². The second-order valence-corrected chi connectivity index (χ2v) is 8.62. The van der Waals surface area contributed by atoms with Crippen molar-refractivity contribution in [3.8, 4) is 0 Å². The largest absolute Gasteiger partial charge is 0.376 e. The molecule has 1 amide bonds. The van der Waals surface area contributed by atoms with Crippen LogP contribution in [-0.2, 0) is 16.1 Å². The predicted molar refractivity (Wildman–Crippen MR) is 117 cm³/mol. The summed E-state index contributed by atoms with van der Waals surface area (Å²) in [6.45, 7) is 3.26. The summed E-state index contributed by atoms with van der Waals surface area (Å²) < 4.78 is 7.42. The predicted octanol–water partition coefficient (Wildman–Crippen LogP) is 4.29. The van der Waals surface area contributed by atoms with Gasteiger partial charge in [-0.15, -0.1) is 5.10 Å². The standard InChI is InChI=1S/C21H22ClN5O2S/c1-14-9-10-16(12-18(14)22)23-20(28)19(15-6-3-2-4-7-15)30-21-24-25-26-27(21)13-17-8-5-11-29-17/h2-4,6-7,9-10,12,17,19H,5,8,11,13H2,1H3,(H,23,28). The minimum atomic E-state index is -0.527. The zero-order valence-electron chi connectivity index (χ0n) is 16.5. The van der Waals surface area contributed by atoms with Crippen molar-refractivity contribution < 1.29 is 9.53 Å². The first-order valence-electron chi connectivity index (χ1n) is 9.76. The monoisotopic (exact) mass is 443 g/mol. The molecule has 2 unspecified atom stereocenters. The van der Waals surface area contributed by atoms with E-state index in [2.05, 4.69) is 20.8 Å². The molecule has 2 atom stereocenters. The van der Waals surface area contributed by atoms with Crippen molar-refractivity contribution in [2.75, 3.05) is 11.9 Å². The maximum atomic E-state index is 13.2. The number of halogens is 1. The molecule has 9 heteroatoms. The van der Waals surface area contributed by atoms with Gasteiger partial charge in [0.1, 0.15) is 5.25 Å². The number of anilines is 1. The molecule has 7 nitrogen and oxygen atoms in total. The molecule has 1 aliphatic heterocycles. The number of amides is 1. The average Bonchev–Trinajstić information content (AvgIpc) is 3.42. The Morgan fingerprint density at radius 1 is 1.33 bits per heavy atom. The summed E-state index contributed by atoms with van der Waals surface area (Å²) >= 11 is 7.53. The van der Waals surface area contributed by atoms with Gasteiger partial charge in [0.05, 0.1) is 12.6 Å². The van der Waals surface area contributed by atoms with Crippen molar-refractivity contribution in [1.82, 2.24) is 20.2 Å². The third-order valence-corrected chi connectivity index (χ3v) is 6.54. The first-order valence-corrected chi connectivity index (χ1v) is 11.0. The van der Waals surface area contributed by atoms with Gasteiger partial charge in [0.15, 0.2) is 0 Å². The maximum Gasteiger partial charge on any atom is 0.242 e. The molecule has 156 valence electrons. The molecule has 2 aromatic carbocycles. The summed E-state index contributed by atoms with van der Waals surface area (Å²) in [5.74, 6) is -0.169. The van der Waals surface area contributed by atoms with E-state index in [0.29, 0.717) is 22.4 Å². The van der Waals surface area contributed by atoms with E-state index in [1.807, 2.05) is 49.4 Å². The van der Waals surface area contributed by atoms with Crippen molar-refractivity contribution in [2.24, 2.45) is 0 Å². The Hall–Kier alpha value is -2.42. The Balaban J connectivity index is 1.55. The molecule has 1 N–H and O–H groups in total. The van der Waals surface area contributed by atoms with Crippen molar-refractivity contribution in [3.63, 3.8) is 0 Å². The minimum Gasteiger partial charge on any atom is -0.376 e. The Kier molecular flexibility index (Phi) is 6.66. The van der Waals surface area contributed by atoms with Crippen LogP contribution in [-0.4, -0.2) is 38.8 Å². The molecule has 0 saturated carbocycles. The number of nitrogens with zero attached hydrogens (tertiary/aromatic N) is 4. The van der Waals surface area contributed by atoms with Gasteiger partial charge < -0.3 is 10.1 Å². The lowest BCUT2D eigenvalue weighted by Gasteiger charge is -2.17. The molecule has 1 saturated heterocycles. The summed E-state index contributed by atoms with van der Waals surface area (Å²) in [7, 11) is 0. The van der Waals surface area contributed by atoms with E-state index in [1.54, 1.807) is 10.7 Å². The average molecular weight is 444 g/mol. The van der Waals surface area contributed by atoms with Crippen LogP contribution in [0.4, 0.5) is 5.69 Å². The number of hydrogen-bond donors (Lipinski definition) is 1. The molecule has 2 heterocycles. The number of benzene rings is 2. The Bertz CT molecular complexity index is 1010. The highest BCUT2D eigenvalue weighted by atomic mass is 35.5. The first kappa shape index (κ1) is 20.8. The molecule has 30 heavy (non-hydrogen) atoms. The van der Waals surface area contributed by atoms with Crippen LogP contribution in [0.3, 0.4) is 0 Å². The van der Waals surface area contributed by atoms with E-state index < -0.39 is 5.25 Å². The molecule has 3 aromatic rings. The van der Waals surface area contributed by atoms with E-state index in [1.165, 1.54) is 11.8 Å². The molecule has 0 radical (unpaired) electrons. The fourth-order valence-electron chi connectivity index (χ4n) is 3.26. The van der Waals surface area contributed by atoms with Crippen LogP contribution in [0.15, 0.2) is 53.7 Å². The molecule has 0 spiro atoms. The highest BCUT2D eigenvalue weighted by Crippen LogP contribution is 2.35. The number of tetrazole rings is 1. The fraction of sp³-hybridized carbons (Fsp3) is 0.333. The first-order chi connectivity index (χ1) is 14.6. The number of nitrogens with one attached hydrogen (secondary N) is 1. The fourth-order valence-corrected chi connectivity index (χ4v) is 4.43. The van der Waals surface area contributed by atoms with Gasteiger partial charge in [-0.1, -0.05) is 59.8 Å². The van der Waals surface area contributed by atoms with Crippen LogP contribution < -0.4 is 5.32 Å². The lowest BCUT2D eigenvalue weighted by molar-refractivity contribution is -0.115. The Morgan fingerprint density at radius 3 is 2.90 bits per heavy atom. The number of hydrogen-bond acceptors (Lipinski definition) is 6. The molecular weight excluding hydrogens is 422 g/mol. The topological polar surface area (TPSA) is 81.9 Å². The lowest BCUT2D eigenvalue weighted by atomic mass is 10.1. The lowest BCUT2D eigenvalue weighted by Crippen LogP contribution is -2.21. The van der Waals surface area contributed by atoms with Gasteiger partial charge in [0, 0.05) is 17.3 Å². The van der Waals surface area contributed by atoms with Gasteiger partial charge in [0.2, 0.25) is 11.1 Å². The normalized spacial score (nSPS) is 17.1. The molecule has 4 rings (SSSR count). The van der Waals surface area contributed by atoms with E-state index in [0.717, 1.165) is 30.6 Å². The number of rotatable bonds is 7. The summed E-state index contributed by atoms with van der Waals surface area (Å²) in [5, 5.41) is 15.7. The van der Waals surface area contributed by atoms with Gasteiger partial charge in [-0.05, 0) is 53.5 Å². The van der Waals surface area contributed by atoms with Crippen LogP contribution in [0.5, 0.6) is 0 Å². The van der Waals surface area contributed by atoms with Crippen LogP contribution in [0.25, 0.3) is 0 Å². The van der Waals surface area contributed by atoms with Gasteiger partial charge in [-0.25, -0.2) is 4.68 Å². The van der Waals surface area contributed by atoms with Crippen molar-refractivity contribution in [2.45, 2.75) is 42.8 Å². The van der Waals surface area contributed by atoms with Gasteiger partial charge in [0.25, 0.3) is 0 Å². The SMILES string of the molecule is Cc1ccc(NC(=O)C(Sc2nnnn2CC2CCCO2)c2ccccc2)cc1Cl. The second kappa shape index (κ2) is 9.59. The van der Waals surface area contributed by atoms with Crippen molar-refractivity contribution in [3.05, 3.63) is 64.7 Å². The van der Waals surface area contributed by atoms with Crippen molar-refractivity contribution >= 4 is 35.0 Å². The van der Waals surface area contributed by atoms with Crippen LogP contribution in [0.1, 0.15) is 29.2 Å². The summed E-state index contributed by atoms with van der Waals surface area (Å²) in [6, 6.07) is 15.1. The molecule has 0 aliphatic carbocycles. The smallest absolute Gasteiger partial charge is 0.242 e. The van der Waals surface area contributed by atoms with E-state index in [9.17, 15) is 4.79 Å². The number of ether oxygens (including phenoxy) is 1. The third-order valence-electron chi connectivity index (χ3n) is 4.90. The maximum absolute atomic E-state index is 13.2. The quantitative estimate of drug-likeness (QED) is 0.548. The number of carbonyl (C=O) groups excluding carboxylic acids is 1.